The van der Waals surface area contributed by atoms with E-state index >= 15 is 0 Å². The fourth-order valence-corrected chi connectivity index (χ4v) is 1.56. The normalized spacial score (nSPS) is 9.38. The van der Waals surface area contributed by atoms with E-state index in [9.17, 15) is 9.59 Å². The fourth-order valence-electron chi connectivity index (χ4n) is 1.56. The third-order valence-electron chi connectivity index (χ3n) is 3.01. The number of aliphatic hydroxyl groups is 4. The van der Waals surface area contributed by atoms with E-state index in [2.05, 4.69) is 0 Å². The van der Waals surface area contributed by atoms with Crippen LogP contribution in [0.25, 0.3) is 0 Å². The molecular weight excluding hydrogens is 344 g/mol. The number of aliphatic hydroxyl groups excluding tert-OH is 4. The Bertz CT molecular complexity index is 416. The SMILES string of the molecule is O=C(O)c1ccc(C(=O)O)cc1.OCCCCCCO.OCCCCO. The molecule has 0 amide bonds. The molecule has 1 aromatic carbocycles. The zero-order chi connectivity index (χ0) is 20.2. The second-order valence-corrected chi connectivity index (χ2v) is 5.20. The highest BCUT2D eigenvalue weighted by Gasteiger charge is 2.04. The van der Waals surface area contributed by atoms with Crippen molar-refractivity contribution in [2.45, 2.75) is 38.5 Å². The van der Waals surface area contributed by atoms with Gasteiger partial charge in [0, 0.05) is 26.4 Å². The summed E-state index contributed by atoms with van der Waals surface area (Å²) >= 11 is 0. The van der Waals surface area contributed by atoms with Crippen molar-refractivity contribution >= 4 is 11.9 Å². The maximum Gasteiger partial charge on any atom is 0.335 e. The first-order valence-corrected chi connectivity index (χ1v) is 8.44. The standard InChI is InChI=1S/C8H6O4.C6H14O2.C4H10O2/c9-7(10)5-1-2-6(4-3-5)8(11)12;7-5-3-1-2-4-6-8;5-3-1-2-4-6/h1-4H,(H,9,10)(H,11,12);7-8H,1-6H2;5-6H,1-4H2. The lowest BCUT2D eigenvalue weighted by molar-refractivity contribution is 0.0681. The van der Waals surface area contributed by atoms with Crippen molar-refractivity contribution in [3.8, 4) is 0 Å². The molecule has 8 nitrogen and oxygen atoms in total. The lowest BCUT2D eigenvalue weighted by Crippen LogP contribution is -1.99. The molecule has 0 spiro atoms. The van der Waals surface area contributed by atoms with Crippen molar-refractivity contribution in [1.29, 1.82) is 0 Å². The van der Waals surface area contributed by atoms with Crippen molar-refractivity contribution in [3.63, 3.8) is 0 Å². The molecule has 26 heavy (non-hydrogen) atoms. The summed E-state index contributed by atoms with van der Waals surface area (Å²) in [5.41, 5.74) is 0.167. The summed E-state index contributed by atoms with van der Waals surface area (Å²) in [6.45, 7) is 0.956. The summed E-state index contributed by atoms with van der Waals surface area (Å²) in [5, 5.41) is 49.7. The van der Waals surface area contributed by atoms with E-state index in [0.29, 0.717) is 0 Å². The zero-order valence-corrected chi connectivity index (χ0v) is 14.9. The molecule has 0 unspecified atom stereocenters. The van der Waals surface area contributed by atoms with Crippen LogP contribution in [0, 0.1) is 0 Å². The van der Waals surface area contributed by atoms with E-state index in [1.807, 2.05) is 0 Å². The number of hydrogen-bond acceptors (Lipinski definition) is 6. The first-order chi connectivity index (χ1) is 12.4. The Kier molecular flexibility index (Phi) is 19.5. The second-order valence-electron chi connectivity index (χ2n) is 5.20. The van der Waals surface area contributed by atoms with Gasteiger partial charge in [0.2, 0.25) is 0 Å². The summed E-state index contributed by atoms with van der Waals surface area (Å²) in [4.78, 5) is 20.7. The molecule has 0 saturated heterocycles. The Balaban J connectivity index is 0. The van der Waals surface area contributed by atoms with Gasteiger partial charge in [-0.1, -0.05) is 12.8 Å². The van der Waals surface area contributed by atoms with Crippen LogP contribution in [0.2, 0.25) is 0 Å². The minimum atomic E-state index is -1.06. The Morgan fingerprint density at radius 2 is 0.769 bits per heavy atom. The number of aromatic carboxylic acids is 2. The third kappa shape index (κ3) is 16.8. The maximum atomic E-state index is 10.3. The van der Waals surface area contributed by atoms with Crippen molar-refractivity contribution < 1.29 is 40.2 Å². The molecule has 0 bridgehead atoms. The van der Waals surface area contributed by atoms with Gasteiger partial charge in [0.25, 0.3) is 0 Å². The number of carbonyl (C=O) groups is 2. The molecule has 0 aliphatic rings. The molecule has 0 heterocycles. The molecule has 150 valence electrons. The van der Waals surface area contributed by atoms with Gasteiger partial charge in [-0.15, -0.1) is 0 Å². The Morgan fingerprint density at radius 3 is 0.962 bits per heavy atom. The summed E-state index contributed by atoms with van der Waals surface area (Å²) in [6.07, 6.45) is 5.26. The van der Waals surface area contributed by atoms with Crippen LogP contribution >= 0.6 is 0 Å². The van der Waals surface area contributed by atoms with Crippen LogP contribution in [0.1, 0.15) is 59.2 Å². The van der Waals surface area contributed by atoms with Gasteiger partial charge >= 0.3 is 11.9 Å². The summed E-state index contributed by atoms with van der Waals surface area (Å²) in [7, 11) is 0. The van der Waals surface area contributed by atoms with Crippen LogP contribution in [0.15, 0.2) is 24.3 Å². The van der Waals surface area contributed by atoms with E-state index in [-0.39, 0.29) is 37.6 Å². The predicted octanol–water partition coefficient (Wildman–Crippen LogP) is 1.37. The predicted molar refractivity (Wildman–Crippen MR) is 96.4 cm³/mol. The molecule has 0 aromatic heterocycles. The summed E-state index contributed by atoms with van der Waals surface area (Å²) in [6, 6.07) is 5.02. The number of unbranched alkanes of at least 4 members (excludes halogenated alkanes) is 4. The van der Waals surface area contributed by atoms with E-state index < -0.39 is 11.9 Å². The van der Waals surface area contributed by atoms with Crippen LogP contribution in [-0.4, -0.2) is 69.0 Å². The van der Waals surface area contributed by atoms with Crippen molar-refractivity contribution in [3.05, 3.63) is 35.4 Å². The zero-order valence-electron chi connectivity index (χ0n) is 14.9. The maximum absolute atomic E-state index is 10.3. The number of hydrogen-bond donors (Lipinski definition) is 6. The molecule has 1 aromatic rings. The highest BCUT2D eigenvalue weighted by molar-refractivity contribution is 5.91. The van der Waals surface area contributed by atoms with Crippen LogP contribution in [0.3, 0.4) is 0 Å². The van der Waals surface area contributed by atoms with Crippen LogP contribution < -0.4 is 0 Å². The van der Waals surface area contributed by atoms with Crippen LogP contribution in [0.5, 0.6) is 0 Å². The third-order valence-corrected chi connectivity index (χ3v) is 3.01. The van der Waals surface area contributed by atoms with Gasteiger partial charge in [0.15, 0.2) is 0 Å². The van der Waals surface area contributed by atoms with Crippen molar-refractivity contribution in [1.82, 2.24) is 0 Å². The Morgan fingerprint density at radius 1 is 0.538 bits per heavy atom. The molecule has 0 atom stereocenters. The molecule has 0 aliphatic carbocycles. The lowest BCUT2D eigenvalue weighted by Gasteiger charge is -1.94. The molecule has 0 saturated carbocycles. The van der Waals surface area contributed by atoms with Gasteiger partial charge in [0.05, 0.1) is 11.1 Å². The molecular formula is C18H30O8. The largest absolute Gasteiger partial charge is 0.478 e. The number of benzene rings is 1. The Hall–Kier alpha value is -2.00. The number of carboxylic acid groups (broad SMARTS) is 2. The molecule has 1 rings (SSSR count). The topological polar surface area (TPSA) is 156 Å². The smallest absolute Gasteiger partial charge is 0.335 e. The number of carboxylic acids is 2. The summed E-state index contributed by atoms with van der Waals surface area (Å²) < 4.78 is 0. The fraction of sp³-hybridized carbons (Fsp3) is 0.556. The molecule has 0 fully saturated rings. The quantitative estimate of drug-likeness (QED) is 0.335. The Labute approximate surface area is 153 Å². The second kappa shape index (κ2) is 19.3. The lowest BCUT2D eigenvalue weighted by atomic mass is 10.1. The van der Waals surface area contributed by atoms with E-state index in [1.165, 1.54) is 24.3 Å². The van der Waals surface area contributed by atoms with E-state index in [0.717, 1.165) is 38.5 Å². The van der Waals surface area contributed by atoms with Gasteiger partial charge in [-0.3, -0.25) is 0 Å². The minimum absolute atomic E-state index is 0.0833. The van der Waals surface area contributed by atoms with E-state index in [1.54, 1.807) is 0 Å². The minimum Gasteiger partial charge on any atom is -0.478 e. The monoisotopic (exact) mass is 374 g/mol. The molecule has 6 N–H and O–H groups in total. The van der Waals surface area contributed by atoms with Gasteiger partial charge < -0.3 is 30.6 Å². The first-order valence-electron chi connectivity index (χ1n) is 8.44. The van der Waals surface area contributed by atoms with Gasteiger partial charge in [0.1, 0.15) is 0 Å². The van der Waals surface area contributed by atoms with Crippen molar-refractivity contribution in [2.75, 3.05) is 26.4 Å². The highest BCUT2D eigenvalue weighted by Crippen LogP contribution is 2.03. The van der Waals surface area contributed by atoms with Gasteiger partial charge in [-0.05, 0) is 49.9 Å². The van der Waals surface area contributed by atoms with Crippen LogP contribution in [0.4, 0.5) is 0 Å². The van der Waals surface area contributed by atoms with Crippen LogP contribution in [-0.2, 0) is 0 Å². The van der Waals surface area contributed by atoms with Gasteiger partial charge in [-0.2, -0.15) is 0 Å². The van der Waals surface area contributed by atoms with Crippen molar-refractivity contribution in [2.24, 2.45) is 0 Å². The number of rotatable bonds is 10. The molecule has 0 radical (unpaired) electrons. The van der Waals surface area contributed by atoms with Gasteiger partial charge in [-0.25, -0.2) is 9.59 Å². The van der Waals surface area contributed by atoms with E-state index in [4.69, 9.17) is 30.6 Å². The molecule has 0 aliphatic heterocycles. The summed E-state index contributed by atoms with van der Waals surface area (Å²) in [5.74, 6) is -2.13. The molecule has 8 heteroatoms. The average molecular weight is 374 g/mol. The average Bonchev–Trinajstić information content (AvgIpc) is 2.64. The highest BCUT2D eigenvalue weighted by atomic mass is 16.4. The first kappa shape index (κ1) is 26.2.